The van der Waals surface area contributed by atoms with Crippen LogP contribution in [0.4, 0.5) is 4.79 Å². The molecule has 12 N–H and O–H groups in total. The maximum Gasteiger partial charge on any atom is 0.315 e. The van der Waals surface area contributed by atoms with Crippen molar-refractivity contribution in [3.63, 3.8) is 0 Å². The van der Waals surface area contributed by atoms with Gasteiger partial charge in [-0.15, -0.1) is 0 Å². The summed E-state index contributed by atoms with van der Waals surface area (Å²) in [6, 6.07) is -3.23. The number of fused-ring (bicyclic) bond motifs is 1. The van der Waals surface area contributed by atoms with Crippen molar-refractivity contribution in [2.45, 2.75) is 133 Å². The van der Waals surface area contributed by atoms with Gasteiger partial charge >= 0.3 is 12.0 Å². The smallest absolute Gasteiger partial charge is 0.315 e. The fourth-order valence-corrected chi connectivity index (χ4v) is 9.10. The van der Waals surface area contributed by atoms with Crippen LogP contribution in [0.2, 0.25) is 0 Å². The number of carbonyl (C=O) groups is 10. The topological polar surface area (TPSA) is 337 Å². The lowest BCUT2D eigenvalue weighted by molar-refractivity contribution is -0.143. The van der Waals surface area contributed by atoms with E-state index in [-0.39, 0.29) is 68.6 Å². The second-order valence-corrected chi connectivity index (χ2v) is 17.3. The van der Waals surface area contributed by atoms with Crippen molar-refractivity contribution in [2.75, 3.05) is 31.9 Å². The number of nitrogens with one attached hydrogen (secondary N) is 8. The predicted molar refractivity (Wildman–Crippen MR) is 219 cm³/mol. The van der Waals surface area contributed by atoms with Crippen LogP contribution in [-0.4, -0.2) is 142 Å². The Morgan fingerprint density at radius 3 is 2.28 bits per heavy atom. The molecule has 22 nitrogen and oxygen atoms in total. The molecule has 0 aromatic carbocycles. The first-order valence-electron chi connectivity index (χ1n) is 20.8. The average molecular weight is 883 g/mol. The molecule has 0 radical (unpaired) electrons. The van der Waals surface area contributed by atoms with Gasteiger partial charge in [0.05, 0.1) is 25.2 Å². The Labute approximate surface area is 358 Å². The molecular weight excluding hydrogens is 821 g/mol. The van der Waals surface area contributed by atoms with E-state index in [1.165, 1.54) is 10.4 Å². The molecule has 23 heteroatoms. The third-order valence-corrected chi connectivity index (χ3v) is 12.2. The number of carboxylic acid groups (broad SMARTS) is 1. The van der Waals surface area contributed by atoms with Gasteiger partial charge in [-0.05, 0) is 63.7 Å². The molecule has 61 heavy (non-hydrogen) atoms. The second-order valence-electron chi connectivity index (χ2n) is 16.0. The molecule has 3 aliphatic rings. The summed E-state index contributed by atoms with van der Waals surface area (Å²) in [5.41, 5.74) is 6.95. The van der Waals surface area contributed by atoms with Gasteiger partial charge in [0.15, 0.2) is 0 Å². The lowest BCUT2D eigenvalue weighted by Crippen LogP contribution is -2.55. The Morgan fingerprint density at radius 2 is 1.59 bits per heavy atom. The van der Waals surface area contributed by atoms with Crippen molar-refractivity contribution in [1.82, 2.24) is 47.6 Å². The lowest BCUT2D eigenvalue weighted by Gasteiger charge is -2.29. The number of nitrogens with zero attached hydrogens (tertiary/aromatic N) is 1. The zero-order valence-corrected chi connectivity index (χ0v) is 35.6. The van der Waals surface area contributed by atoms with Gasteiger partial charge in [0.2, 0.25) is 47.3 Å². The zero-order valence-electron chi connectivity index (χ0n) is 34.8. The number of carboxylic acids is 1. The Morgan fingerprint density at radius 1 is 0.852 bits per heavy atom. The third kappa shape index (κ3) is 17.4. The van der Waals surface area contributed by atoms with Gasteiger partial charge in [0.1, 0.15) is 18.1 Å². The van der Waals surface area contributed by atoms with Gasteiger partial charge in [-0.1, -0.05) is 20.3 Å². The van der Waals surface area contributed by atoms with E-state index in [0.29, 0.717) is 37.5 Å². The largest absolute Gasteiger partial charge is 0.481 e. The minimum Gasteiger partial charge on any atom is -0.481 e. The average Bonchev–Trinajstić information content (AvgIpc) is 3.94. The van der Waals surface area contributed by atoms with E-state index >= 15 is 0 Å². The number of primary amides is 1. The number of hydroxylamine groups is 1. The summed E-state index contributed by atoms with van der Waals surface area (Å²) in [7, 11) is 0. The Bertz CT molecular complexity index is 1600. The van der Waals surface area contributed by atoms with Crippen molar-refractivity contribution < 1.29 is 58.3 Å². The monoisotopic (exact) mass is 882 g/mol. The van der Waals surface area contributed by atoms with E-state index in [9.17, 15) is 53.1 Å². The van der Waals surface area contributed by atoms with E-state index in [4.69, 9.17) is 10.9 Å². The fourth-order valence-electron chi connectivity index (χ4n) is 7.56. The Hall–Kier alpha value is -5.19. The van der Waals surface area contributed by atoms with Gasteiger partial charge in [-0.3, -0.25) is 48.4 Å². The number of thioether (sulfide) groups is 1. The number of nitrogens with two attached hydrogens (primary N) is 1. The standard InChI is InChI=1S/C38H62N10O12S/c1-21(2)16-22(17-29(50)47-60)35(56)44-24(12-13-32(53)54)37(58)48-15-7-9-26(48)36(57)42-18-30(51)41-19-31(52)43-23(34(39)55)8-5-6-14-40-28(49)11-4-3-10-27-33-25(20-61-27)45-38(59)46-33/h21-27,33,60H,3-20H2,1-2H3,(H2,39,55)(H,40,49)(H,41,51)(H,42,57)(H,43,52)(H,44,56)(H,47,50)(H,53,54)(H2,45,46,59)/t22?,23-,24-,25-,26-,27-,33-/m0/s1. The van der Waals surface area contributed by atoms with Crippen LogP contribution in [0.25, 0.3) is 0 Å². The summed E-state index contributed by atoms with van der Waals surface area (Å²) in [6.07, 6.45) is 3.76. The van der Waals surface area contributed by atoms with E-state index in [1.54, 1.807) is 0 Å². The molecule has 10 amide bonds. The van der Waals surface area contributed by atoms with Gasteiger partial charge in [0, 0.05) is 49.3 Å². The van der Waals surface area contributed by atoms with E-state index in [2.05, 4.69) is 37.2 Å². The summed E-state index contributed by atoms with van der Waals surface area (Å²) < 4.78 is 0. The molecule has 0 spiro atoms. The highest BCUT2D eigenvalue weighted by atomic mass is 32.2. The molecule has 0 bridgehead atoms. The minimum atomic E-state index is -1.34. The van der Waals surface area contributed by atoms with Crippen LogP contribution in [0.15, 0.2) is 0 Å². The maximum absolute atomic E-state index is 13.7. The number of hydrogen-bond donors (Lipinski definition) is 11. The van der Waals surface area contributed by atoms with Crippen molar-refractivity contribution in [1.29, 1.82) is 0 Å². The van der Waals surface area contributed by atoms with Gasteiger partial charge in [-0.25, -0.2) is 10.3 Å². The molecule has 3 heterocycles. The first kappa shape index (κ1) is 50.2. The normalized spacial score (nSPS) is 20.6. The van der Waals surface area contributed by atoms with Crippen LogP contribution in [0.1, 0.15) is 97.3 Å². The van der Waals surface area contributed by atoms with Crippen LogP contribution in [0.5, 0.6) is 0 Å². The fraction of sp³-hybridized carbons (Fsp3) is 0.737. The molecule has 3 saturated heterocycles. The van der Waals surface area contributed by atoms with E-state index in [0.717, 1.165) is 25.0 Å². The van der Waals surface area contributed by atoms with Crippen molar-refractivity contribution in [2.24, 2.45) is 17.6 Å². The molecule has 342 valence electrons. The molecule has 3 aliphatic heterocycles. The molecule has 0 aromatic rings. The maximum atomic E-state index is 13.7. The number of likely N-dealkylation sites (tertiary alicyclic amines) is 1. The second kappa shape index (κ2) is 25.6. The number of carbonyl (C=O) groups excluding carboxylic acids is 9. The molecule has 0 aromatic heterocycles. The number of aliphatic carboxylic acids is 1. The predicted octanol–water partition coefficient (Wildman–Crippen LogP) is -1.90. The molecule has 0 aliphatic carbocycles. The molecule has 1 unspecified atom stereocenters. The van der Waals surface area contributed by atoms with Crippen LogP contribution in [0, 0.1) is 11.8 Å². The van der Waals surface area contributed by atoms with Crippen LogP contribution < -0.4 is 48.4 Å². The highest BCUT2D eigenvalue weighted by Crippen LogP contribution is 2.33. The number of rotatable bonds is 27. The zero-order chi connectivity index (χ0) is 45.1. The molecule has 0 saturated carbocycles. The van der Waals surface area contributed by atoms with Gasteiger partial charge < -0.3 is 53.0 Å². The number of hydrogen-bond acceptors (Lipinski definition) is 12. The van der Waals surface area contributed by atoms with E-state index in [1.807, 2.05) is 25.6 Å². The number of amides is 10. The minimum absolute atomic E-state index is 0.0375. The summed E-state index contributed by atoms with van der Waals surface area (Å²) >= 11 is 1.83. The summed E-state index contributed by atoms with van der Waals surface area (Å²) in [4.78, 5) is 125. The van der Waals surface area contributed by atoms with Crippen molar-refractivity contribution in [3.8, 4) is 0 Å². The van der Waals surface area contributed by atoms with E-state index < -0.39 is 90.9 Å². The summed E-state index contributed by atoms with van der Waals surface area (Å²) in [5, 5.41) is 37.1. The van der Waals surface area contributed by atoms with Gasteiger partial charge in [-0.2, -0.15) is 11.8 Å². The van der Waals surface area contributed by atoms with Gasteiger partial charge in [0.25, 0.3) is 0 Å². The summed E-state index contributed by atoms with van der Waals surface area (Å²) in [5.74, 6) is -6.53. The van der Waals surface area contributed by atoms with Crippen LogP contribution >= 0.6 is 11.8 Å². The SMILES string of the molecule is CC(C)CC(CC(=O)NO)C(=O)N[C@@H](CCC(=O)O)C(=O)N1CCC[C@H]1C(=O)NCC(=O)NCC(=O)N[C@@H](CCCCNC(=O)CCCC[C@@H]1SC[C@@H]2NC(=O)N[C@@H]21)C(N)=O. The Balaban J connectivity index is 1.36. The molecule has 7 atom stereocenters. The van der Waals surface area contributed by atoms with Crippen LogP contribution in [-0.2, 0) is 43.2 Å². The first-order valence-corrected chi connectivity index (χ1v) is 21.9. The van der Waals surface area contributed by atoms with Crippen LogP contribution in [0.3, 0.4) is 0 Å². The molecular formula is C38H62N10O12S. The highest BCUT2D eigenvalue weighted by molar-refractivity contribution is 8.00. The van der Waals surface area contributed by atoms with Crippen molar-refractivity contribution in [3.05, 3.63) is 0 Å². The van der Waals surface area contributed by atoms with Crippen molar-refractivity contribution >= 4 is 71.0 Å². The highest BCUT2D eigenvalue weighted by Gasteiger charge is 2.43. The Kier molecular flexibility index (Phi) is 21.0. The number of unbranched alkanes of at least 4 members (excludes halogenated alkanes) is 2. The quantitative estimate of drug-likeness (QED) is 0.0186. The molecule has 3 fully saturated rings. The number of urea groups is 1. The lowest BCUT2D eigenvalue weighted by atomic mass is 9.92. The third-order valence-electron chi connectivity index (χ3n) is 10.7. The first-order chi connectivity index (χ1) is 29.0. The summed E-state index contributed by atoms with van der Waals surface area (Å²) in [6.45, 7) is 3.03. The molecule has 3 rings (SSSR count).